The summed E-state index contributed by atoms with van der Waals surface area (Å²) in [6, 6.07) is 6.62. The van der Waals surface area contributed by atoms with Crippen molar-refractivity contribution in [2.75, 3.05) is 40.0 Å². The normalized spacial score (nSPS) is 17.2. The molecule has 1 saturated heterocycles. The molecule has 0 aromatic heterocycles. The molecule has 0 saturated carbocycles. The van der Waals surface area contributed by atoms with E-state index in [4.69, 9.17) is 9.47 Å². The van der Waals surface area contributed by atoms with Crippen molar-refractivity contribution in [1.29, 1.82) is 0 Å². The van der Waals surface area contributed by atoms with Gasteiger partial charge >= 0.3 is 0 Å². The molecule has 1 fully saturated rings. The Labute approximate surface area is 169 Å². The van der Waals surface area contributed by atoms with Crippen LogP contribution in [0.15, 0.2) is 23.2 Å². The fourth-order valence-electron chi connectivity index (χ4n) is 2.84. The van der Waals surface area contributed by atoms with Crippen LogP contribution in [0.1, 0.15) is 29.5 Å². The summed E-state index contributed by atoms with van der Waals surface area (Å²) in [5, 5.41) is 6.70. The van der Waals surface area contributed by atoms with Gasteiger partial charge in [0.2, 0.25) is 0 Å². The van der Waals surface area contributed by atoms with Gasteiger partial charge in [-0.05, 0) is 44.2 Å². The van der Waals surface area contributed by atoms with Crippen LogP contribution in [0, 0.1) is 13.8 Å². The smallest absolute Gasteiger partial charge is 0.190 e. The van der Waals surface area contributed by atoms with Crippen LogP contribution in [0.5, 0.6) is 0 Å². The third-order valence-corrected chi connectivity index (χ3v) is 4.26. The highest BCUT2D eigenvalue weighted by Gasteiger charge is 2.15. The minimum Gasteiger partial charge on any atom is -0.379 e. The number of hydrogen-bond acceptors (Lipinski definition) is 3. The Bertz CT molecular complexity index is 531. The Morgan fingerprint density at radius 1 is 1.28 bits per heavy atom. The van der Waals surface area contributed by atoms with Gasteiger partial charge in [0.05, 0.1) is 12.7 Å². The van der Waals surface area contributed by atoms with Crippen LogP contribution < -0.4 is 10.6 Å². The van der Waals surface area contributed by atoms with Crippen molar-refractivity contribution in [3.63, 3.8) is 0 Å². The summed E-state index contributed by atoms with van der Waals surface area (Å²) < 4.78 is 11.1. The predicted octanol–water partition coefficient (Wildman–Crippen LogP) is 2.82. The van der Waals surface area contributed by atoms with Crippen molar-refractivity contribution in [3.8, 4) is 0 Å². The van der Waals surface area contributed by atoms with Crippen molar-refractivity contribution < 1.29 is 9.47 Å². The van der Waals surface area contributed by atoms with Gasteiger partial charge in [-0.15, -0.1) is 24.0 Å². The zero-order valence-electron chi connectivity index (χ0n) is 15.6. The molecule has 2 N–H and O–H groups in total. The SMILES string of the molecule is CN=C(NCCCOC1CCOC1)NCCc1ccc(C)cc1C.I. The van der Waals surface area contributed by atoms with E-state index in [-0.39, 0.29) is 24.0 Å². The molecule has 0 bridgehead atoms. The molecule has 25 heavy (non-hydrogen) atoms. The molecule has 1 atom stereocenters. The van der Waals surface area contributed by atoms with Crippen molar-refractivity contribution in [2.45, 2.75) is 39.2 Å². The van der Waals surface area contributed by atoms with Gasteiger partial charge in [-0.25, -0.2) is 0 Å². The second kappa shape index (κ2) is 12.5. The second-order valence-electron chi connectivity index (χ2n) is 6.32. The first-order valence-electron chi connectivity index (χ1n) is 8.89. The molecule has 1 unspecified atom stereocenters. The summed E-state index contributed by atoms with van der Waals surface area (Å²) in [5.74, 6) is 0.851. The van der Waals surface area contributed by atoms with Gasteiger partial charge < -0.3 is 20.1 Å². The molecule has 1 heterocycles. The summed E-state index contributed by atoms with van der Waals surface area (Å²) in [4.78, 5) is 4.26. The number of halogens is 1. The second-order valence-corrected chi connectivity index (χ2v) is 6.32. The van der Waals surface area contributed by atoms with Crippen LogP contribution >= 0.6 is 24.0 Å². The fraction of sp³-hybridized carbons (Fsp3) is 0.632. The van der Waals surface area contributed by atoms with E-state index in [0.717, 1.165) is 58.1 Å². The number of rotatable bonds is 8. The van der Waals surface area contributed by atoms with Crippen LogP contribution in [0.2, 0.25) is 0 Å². The van der Waals surface area contributed by atoms with Crippen molar-refractivity contribution in [3.05, 3.63) is 34.9 Å². The number of nitrogens with one attached hydrogen (secondary N) is 2. The quantitative estimate of drug-likeness (QED) is 0.271. The molecule has 1 aliphatic rings. The number of hydrogen-bond donors (Lipinski definition) is 2. The average Bonchev–Trinajstić information content (AvgIpc) is 3.08. The summed E-state index contributed by atoms with van der Waals surface area (Å²) in [6.07, 6.45) is 3.28. The summed E-state index contributed by atoms with van der Waals surface area (Å²) in [6.45, 7) is 8.38. The van der Waals surface area contributed by atoms with E-state index in [1.807, 2.05) is 0 Å². The lowest BCUT2D eigenvalue weighted by Crippen LogP contribution is -2.39. The van der Waals surface area contributed by atoms with Gasteiger partial charge in [0.15, 0.2) is 5.96 Å². The van der Waals surface area contributed by atoms with Crippen LogP contribution in [0.25, 0.3) is 0 Å². The Balaban J connectivity index is 0.00000312. The number of ether oxygens (including phenoxy) is 2. The third kappa shape index (κ3) is 8.37. The number of benzene rings is 1. The average molecular weight is 461 g/mol. The third-order valence-electron chi connectivity index (χ3n) is 4.26. The van der Waals surface area contributed by atoms with Gasteiger partial charge in [-0.1, -0.05) is 23.8 Å². The topological polar surface area (TPSA) is 54.9 Å². The minimum absolute atomic E-state index is 0. The molecule has 1 aromatic rings. The minimum atomic E-state index is 0. The standard InChI is InChI=1S/C19H31N3O2.HI/c1-15-5-6-17(16(2)13-15)7-10-22-19(20-3)21-9-4-11-24-18-8-12-23-14-18;/h5-6,13,18H,4,7-12,14H2,1-3H3,(H2,20,21,22);1H. The van der Waals surface area contributed by atoms with E-state index >= 15 is 0 Å². The molecular weight excluding hydrogens is 429 g/mol. The van der Waals surface area contributed by atoms with Crippen LogP contribution in [-0.4, -0.2) is 52.0 Å². The van der Waals surface area contributed by atoms with E-state index in [0.29, 0.717) is 6.10 Å². The van der Waals surface area contributed by atoms with E-state index < -0.39 is 0 Å². The number of guanidine groups is 1. The zero-order valence-corrected chi connectivity index (χ0v) is 18.0. The Morgan fingerprint density at radius 3 is 2.76 bits per heavy atom. The lowest BCUT2D eigenvalue weighted by atomic mass is 10.0. The molecule has 142 valence electrons. The van der Waals surface area contributed by atoms with Crippen molar-refractivity contribution in [1.82, 2.24) is 10.6 Å². The van der Waals surface area contributed by atoms with Gasteiger partial charge in [0, 0.05) is 33.4 Å². The summed E-state index contributed by atoms with van der Waals surface area (Å²) >= 11 is 0. The highest BCUT2D eigenvalue weighted by atomic mass is 127. The van der Waals surface area contributed by atoms with E-state index in [1.54, 1.807) is 7.05 Å². The lowest BCUT2D eigenvalue weighted by molar-refractivity contribution is 0.0420. The molecule has 0 aliphatic carbocycles. The molecule has 2 rings (SSSR count). The molecule has 6 heteroatoms. The van der Waals surface area contributed by atoms with E-state index in [9.17, 15) is 0 Å². The first-order chi connectivity index (χ1) is 11.7. The fourth-order valence-corrected chi connectivity index (χ4v) is 2.84. The summed E-state index contributed by atoms with van der Waals surface area (Å²) in [5.41, 5.74) is 4.05. The van der Waals surface area contributed by atoms with Crippen LogP contribution in [-0.2, 0) is 15.9 Å². The van der Waals surface area contributed by atoms with Crippen molar-refractivity contribution >= 4 is 29.9 Å². The Morgan fingerprint density at radius 2 is 2.08 bits per heavy atom. The molecule has 1 aliphatic heterocycles. The van der Waals surface area contributed by atoms with Gasteiger partial charge in [0.25, 0.3) is 0 Å². The van der Waals surface area contributed by atoms with Gasteiger partial charge in [0.1, 0.15) is 0 Å². The largest absolute Gasteiger partial charge is 0.379 e. The first-order valence-corrected chi connectivity index (χ1v) is 8.89. The van der Waals surface area contributed by atoms with Gasteiger partial charge in [-0.3, -0.25) is 4.99 Å². The molecular formula is C19H32IN3O2. The molecule has 1 aromatic carbocycles. The monoisotopic (exact) mass is 461 g/mol. The Kier molecular flexibility index (Phi) is 11.1. The van der Waals surface area contributed by atoms with Crippen LogP contribution in [0.3, 0.4) is 0 Å². The molecule has 0 amide bonds. The number of nitrogens with zero attached hydrogens (tertiary/aromatic N) is 1. The zero-order chi connectivity index (χ0) is 17.2. The Hall–Kier alpha value is -0.860. The molecule has 5 nitrogen and oxygen atoms in total. The number of aryl methyl sites for hydroxylation is 2. The molecule has 0 spiro atoms. The van der Waals surface area contributed by atoms with Crippen LogP contribution in [0.4, 0.5) is 0 Å². The van der Waals surface area contributed by atoms with E-state index in [2.05, 4.69) is 47.7 Å². The van der Waals surface area contributed by atoms with Crippen molar-refractivity contribution in [2.24, 2.45) is 4.99 Å². The molecule has 0 radical (unpaired) electrons. The summed E-state index contributed by atoms with van der Waals surface area (Å²) in [7, 11) is 1.80. The maximum Gasteiger partial charge on any atom is 0.190 e. The predicted molar refractivity (Wildman–Crippen MR) is 114 cm³/mol. The highest BCUT2D eigenvalue weighted by Crippen LogP contribution is 2.10. The lowest BCUT2D eigenvalue weighted by Gasteiger charge is -2.14. The highest BCUT2D eigenvalue weighted by molar-refractivity contribution is 14.0. The van der Waals surface area contributed by atoms with Gasteiger partial charge in [-0.2, -0.15) is 0 Å². The van der Waals surface area contributed by atoms with E-state index in [1.165, 1.54) is 16.7 Å². The first kappa shape index (κ1) is 22.2. The maximum atomic E-state index is 5.75. The number of aliphatic imine (C=N–C) groups is 1. The maximum absolute atomic E-state index is 5.75.